The van der Waals surface area contributed by atoms with Gasteiger partial charge in [0.2, 0.25) is 0 Å². The molecule has 4 fully saturated rings. The van der Waals surface area contributed by atoms with Crippen molar-refractivity contribution in [3.05, 3.63) is 262 Å². The van der Waals surface area contributed by atoms with Gasteiger partial charge in [-0.2, -0.15) is 0 Å². The number of nitrogens with zero attached hydrogens (tertiary/aromatic N) is 6. The van der Waals surface area contributed by atoms with E-state index in [1.54, 1.807) is 43.9 Å². The molecular weight excluding hydrogens is 1120 g/mol. The molecule has 438 valence electrons. The molecule has 0 aliphatic carbocycles. The summed E-state index contributed by atoms with van der Waals surface area (Å²) in [5, 5.41) is 3.97. The van der Waals surface area contributed by atoms with E-state index in [1.165, 1.54) is 0 Å². The van der Waals surface area contributed by atoms with E-state index in [0.717, 1.165) is 89.9 Å². The highest BCUT2D eigenvalue weighted by Gasteiger charge is 2.44. The lowest BCUT2D eigenvalue weighted by Gasteiger charge is -2.39. The molecule has 5 aromatic rings. The number of rotatable bonds is 12. The molecule has 4 saturated heterocycles. The van der Waals surface area contributed by atoms with Gasteiger partial charge in [0, 0.05) is 66.0 Å². The van der Waals surface area contributed by atoms with Crippen LogP contribution in [-0.4, -0.2) is 121 Å². The summed E-state index contributed by atoms with van der Waals surface area (Å²) in [6.07, 6.45) is 21.5. The predicted octanol–water partition coefficient (Wildman–Crippen LogP) is 7.25. The number of nitrogens with one attached hydrogen (secondary N) is 2. The number of aromatic amines is 1. The molecule has 17 heterocycles. The Bertz CT molecular complexity index is 4120. The van der Waals surface area contributed by atoms with E-state index in [-0.39, 0.29) is 47.5 Å². The topological polar surface area (TPSA) is 208 Å². The summed E-state index contributed by atoms with van der Waals surface area (Å²) < 4.78 is 0. The van der Waals surface area contributed by atoms with Crippen molar-refractivity contribution in [2.75, 3.05) is 0 Å². The Hall–Kier alpha value is -9.48. The second kappa shape index (κ2) is 21.1. The minimum absolute atomic E-state index is 0.146. The van der Waals surface area contributed by atoms with Gasteiger partial charge < -0.3 is 29.9 Å². The van der Waals surface area contributed by atoms with Crippen LogP contribution in [0.5, 0.6) is 0 Å². The molecule has 1 aromatic heterocycles. The van der Waals surface area contributed by atoms with E-state index in [0.29, 0.717) is 26.2 Å². The average molecular weight is 1180 g/mol. The van der Waals surface area contributed by atoms with E-state index in [4.69, 9.17) is 49.1 Å². The number of allylic oxidation sites excluding steroid dienone is 5. The molecule has 12 unspecified atom stereocenters. The van der Waals surface area contributed by atoms with Gasteiger partial charge >= 0.3 is 0 Å². The molecule has 16 aliphatic rings. The highest BCUT2D eigenvalue weighted by molar-refractivity contribution is 6.32. The lowest BCUT2D eigenvalue weighted by molar-refractivity contribution is -0.376. The van der Waals surface area contributed by atoms with Gasteiger partial charge in [0.05, 0.1) is 29.4 Å². The number of fused-ring (bicyclic) bond motifs is 14. The lowest BCUT2D eigenvalue weighted by atomic mass is 9.87. The molecule has 88 heavy (non-hydrogen) atoms. The maximum Gasteiger partial charge on any atom is 0.261 e. The summed E-state index contributed by atoms with van der Waals surface area (Å²) in [5.74, 6) is -1.20. The minimum Gasteiger partial charge on any atom is -0.377 e. The second-order valence-electron chi connectivity index (χ2n) is 23.4. The maximum absolute atomic E-state index is 13.3. The average Bonchev–Trinajstić information content (AvgIpc) is 3.67. The Morgan fingerprint density at radius 1 is 0.409 bits per heavy atom. The molecule has 4 amide bonds. The molecule has 16 aliphatic heterocycles. The van der Waals surface area contributed by atoms with Crippen molar-refractivity contribution in [2.45, 2.75) is 99.4 Å². The zero-order chi connectivity index (χ0) is 58.7. The first kappa shape index (κ1) is 52.8. The molecule has 4 aromatic carbocycles. The Kier molecular flexibility index (Phi) is 12.7. The second-order valence-corrected chi connectivity index (χ2v) is 23.4. The number of aliphatic imine (C=N–C) groups is 2. The summed E-state index contributed by atoms with van der Waals surface area (Å²) in [7, 11) is 0. The molecule has 0 radical (unpaired) electrons. The number of benzene rings is 4. The summed E-state index contributed by atoms with van der Waals surface area (Å²) in [6, 6.07) is 36.7. The molecule has 12 atom stereocenters. The Morgan fingerprint density at radius 3 is 1.30 bits per heavy atom. The van der Waals surface area contributed by atoms with Gasteiger partial charge in [-0.05, 0) is 130 Å². The van der Waals surface area contributed by atoms with Crippen LogP contribution in [0.4, 0.5) is 0 Å². The van der Waals surface area contributed by atoms with Crippen molar-refractivity contribution in [1.29, 1.82) is 0 Å². The fourth-order valence-corrected chi connectivity index (χ4v) is 13.5. The third-order valence-corrected chi connectivity index (χ3v) is 18.1. The molecule has 20 heteroatoms. The number of hydrogen-bond acceptors (Lipinski definition) is 15. The van der Waals surface area contributed by atoms with Crippen LogP contribution in [-0.2, 0) is 84.5 Å². The van der Waals surface area contributed by atoms with Crippen LogP contribution in [0.25, 0.3) is 11.1 Å². The summed E-state index contributed by atoms with van der Waals surface area (Å²) in [5.41, 5.74) is 14.2. The summed E-state index contributed by atoms with van der Waals surface area (Å²) >= 11 is 0. The third-order valence-electron chi connectivity index (χ3n) is 18.1. The van der Waals surface area contributed by atoms with E-state index < -0.39 is 49.3 Å². The largest absolute Gasteiger partial charge is 0.377 e. The van der Waals surface area contributed by atoms with Crippen LogP contribution >= 0.6 is 0 Å². The monoisotopic (exact) mass is 1170 g/mol. The van der Waals surface area contributed by atoms with Crippen LogP contribution in [0.15, 0.2) is 216 Å². The Morgan fingerprint density at radius 2 is 0.852 bits per heavy atom. The number of H-pyrrole nitrogens is 1. The smallest absolute Gasteiger partial charge is 0.261 e. The normalized spacial score (nSPS) is 31.8. The number of amides is 4. The van der Waals surface area contributed by atoms with Gasteiger partial charge in [-0.1, -0.05) is 109 Å². The standard InChI is InChI=1S/C68H54N8O12/c77-65-53-25-29-57(85-81-53)73(65)33-37-1-9-41(10-2-37)61-45-17-19-47(69-45)62(42-11-3-38(4-12-42)34-74-58-30-26-54(66(74)78)82-86-58)49-21-23-51(71-49)64(44-15-7-40(8-16-44)36-76-60-32-28-56(68(76)80)84-88-60)52-24-22-50(72-52)63(48-20-18-46(61)70-48)43-13-5-39(6-14-43)35-75-59-31-27-55(67(75)79)83-87-59/h1-32,45,48,53-61,63,69,72H,33-36H2/b62-47-,64-51-. The Balaban J connectivity index is 0.775. The van der Waals surface area contributed by atoms with Crippen molar-refractivity contribution in [1.82, 2.24) is 29.9 Å². The van der Waals surface area contributed by atoms with Crippen molar-refractivity contribution >= 4 is 46.2 Å². The zero-order valence-corrected chi connectivity index (χ0v) is 46.8. The highest BCUT2D eigenvalue weighted by Crippen LogP contribution is 2.42. The van der Waals surface area contributed by atoms with Crippen molar-refractivity contribution in [3.8, 4) is 0 Å². The van der Waals surface area contributed by atoms with Gasteiger partial charge in [-0.25, -0.2) is 44.1 Å². The first-order valence-electron chi connectivity index (χ1n) is 29.4. The van der Waals surface area contributed by atoms with Gasteiger partial charge in [-0.15, -0.1) is 0 Å². The van der Waals surface area contributed by atoms with E-state index in [1.807, 2.05) is 48.6 Å². The Labute approximate surface area is 503 Å². The van der Waals surface area contributed by atoms with E-state index in [2.05, 4.69) is 132 Å². The molecule has 20 nitrogen and oxygen atoms in total. The SMILES string of the molecule is O=C1C2C=CC(OO2)N1Cc1ccc(/C2=C3\C=CC(N3)C(c3ccc(CN4C(=O)C5C=CC4OO5)cc3)C3=NC(C=C3)C(c3ccc(CN4C(=O)C5C=CC4OO5)cc3)c3ccc([nH]3)/C(c3ccc(CN4C(=O)C5C=CC4OO5)cc3)=C3/C=CC2=N3)cc1. The van der Waals surface area contributed by atoms with Crippen LogP contribution < -0.4 is 5.32 Å². The van der Waals surface area contributed by atoms with Crippen LogP contribution in [0.3, 0.4) is 0 Å². The highest BCUT2D eigenvalue weighted by atomic mass is 17.2. The molecule has 0 spiro atoms. The van der Waals surface area contributed by atoms with Gasteiger partial charge in [0.15, 0.2) is 49.3 Å². The first-order valence-corrected chi connectivity index (χ1v) is 29.4. The fraction of sp³-hybridized carbons (Fsp3) is 0.235. The first-order chi connectivity index (χ1) is 43.2. The van der Waals surface area contributed by atoms with Crippen molar-refractivity contribution < 1.29 is 58.3 Å². The third kappa shape index (κ3) is 9.14. The van der Waals surface area contributed by atoms with E-state index >= 15 is 0 Å². The van der Waals surface area contributed by atoms with Gasteiger partial charge in [-0.3, -0.25) is 24.2 Å². The number of carbonyl (C=O) groups excluding carboxylic acids is 4. The number of carbonyl (C=O) groups is 4. The molecule has 2 N–H and O–H groups in total. The molecule has 0 saturated carbocycles. The van der Waals surface area contributed by atoms with E-state index in [9.17, 15) is 19.2 Å². The molecule has 21 rings (SSSR count). The minimum atomic E-state index is -0.771. The van der Waals surface area contributed by atoms with Crippen molar-refractivity contribution in [3.63, 3.8) is 0 Å². The quantitative estimate of drug-likeness (QED) is 0.0934. The lowest BCUT2D eigenvalue weighted by Crippen LogP contribution is -2.53. The summed E-state index contributed by atoms with van der Waals surface area (Å²) in [4.78, 5) is 118. The maximum atomic E-state index is 13.3. The molecular formula is C68H54N8O12. The van der Waals surface area contributed by atoms with Gasteiger partial charge in [0.1, 0.15) is 0 Å². The number of hydrogen-bond donors (Lipinski definition) is 2. The van der Waals surface area contributed by atoms with Crippen LogP contribution in [0.2, 0.25) is 0 Å². The predicted molar refractivity (Wildman–Crippen MR) is 315 cm³/mol. The van der Waals surface area contributed by atoms with Gasteiger partial charge in [0.25, 0.3) is 23.6 Å². The van der Waals surface area contributed by atoms with Crippen LogP contribution in [0, 0.1) is 0 Å². The fourth-order valence-electron chi connectivity index (χ4n) is 13.5. The van der Waals surface area contributed by atoms with Crippen molar-refractivity contribution in [2.24, 2.45) is 9.98 Å². The number of aromatic nitrogens is 1. The summed E-state index contributed by atoms with van der Waals surface area (Å²) in [6.45, 7) is 1.33. The molecule has 16 bridgehead atoms. The zero-order valence-electron chi connectivity index (χ0n) is 46.8. The van der Waals surface area contributed by atoms with Crippen LogP contribution in [0.1, 0.15) is 67.7 Å².